The maximum Gasteiger partial charge on any atom is 0.257 e. The molecule has 2 aromatic carbocycles. The van der Waals surface area contributed by atoms with E-state index in [1.807, 2.05) is 6.92 Å². The second-order valence-electron chi connectivity index (χ2n) is 7.42. The number of hydrogen-bond acceptors (Lipinski definition) is 4. The fourth-order valence-electron chi connectivity index (χ4n) is 2.55. The number of carbonyl (C=O) groups is 2. The highest BCUT2D eigenvalue weighted by atomic mass is 79.9. The Morgan fingerprint density at radius 3 is 2.35 bits per heavy atom. The number of ether oxygens (including phenoxy) is 1. The Hall–Kier alpha value is -2.45. The molecule has 0 atom stereocenters. The molecule has 0 aromatic heterocycles. The Labute approximate surface area is 197 Å². The minimum absolute atomic E-state index is 0.119. The molecular formula is C23H28BrN3O3S. The third-order valence-electron chi connectivity index (χ3n) is 4.31. The minimum atomic E-state index is -0.331. The number of nitrogens with one attached hydrogen (secondary N) is 3. The van der Waals surface area contributed by atoms with Crippen molar-refractivity contribution in [3.8, 4) is 5.75 Å². The van der Waals surface area contributed by atoms with Crippen molar-refractivity contribution in [2.24, 2.45) is 5.92 Å². The van der Waals surface area contributed by atoms with Crippen LogP contribution in [0.1, 0.15) is 54.3 Å². The maximum absolute atomic E-state index is 12.5. The molecule has 0 bridgehead atoms. The zero-order valence-electron chi connectivity index (χ0n) is 18.0. The van der Waals surface area contributed by atoms with Crippen LogP contribution in [-0.4, -0.2) is 30.1 Å². The summed E-state index contributed by atoms with van der Waals surface area (Å²) < 4.78 is 6.45. The van der Waals surface area contributed by atoms with Gasteiger partial charge in [-0.2, -0.15) is 0 Å². The van der Waals surface area contributed by atoms with Gasteiger partial charge in [-0.1, -0.05) is 20.8 Å². The van der Waals surface area contributed by atoms with Crippen LogP contribution in [0.5, 0.6) is 5.75 Å². The molecule has 0 saturated heterocycles. The van der Waals surface area contributed by atoms with Gasteiger partial charge in [0.15, 0.2) is 5.11 Å². The normalized spacial score (nSPS) is 10.5. The lowest BCUT2D eigenvalue weighted by atomic mass is 10.1. The number of anilines is 1. The third-order valence-corrected chi connectivity index (χ3v) is 5.14. The van der Waals surface area contributed by atoms with Crippen LogP contribution in [-0.2, 0) is 0 Å². The van der Waals surface area contributed by atoms with Crippen LogP contribution in [0.25, 0.3) is 0 Å². The SMILES string of the molecule is CCCNC(=O)c1ccc(NC(=S)NC(=O)c2ccc(OCCC(C)C)c(Br)c2)cc1. The summed E-state index contributed by atoms with van der Waals surface area (Å²) >= 11 is 8.69. The standard InChI is InChI=1S/C23H28BrN3O3S/c1-4-12-25-21(28)16-5-8-18(9-6-16)26-23(31)27-22(29)17-7-10-20(19(24)14-17)30-13-11-15(2)3/h5-10,14-15H,4,11-13H2,1-3H3,(H,25,28)(H2,26,27,29,31). The average Bonchev–Trinajstić information content (AvgIpc) is 2.73. The fraction of sp³-hybridized carbons (Fsp3) is 0.348. The van der Waals surface area contributed by atoms with E-state index < -0.39 is 0 Å². The van der Waals surface area contributed by atoms with Crippen molar-refractivity contribution in [1.29, 1.82) is 0 Å². The molecule has 6 nitrogen and oxygen atoms in total. The van der Waals surface area contributed by atoms with Gasteiger partial charge in [-0.15, -0.1) is 0 Å². The summed E-state index contributed by atoms with van der Waals surface area (Å²) in [6.45, 7) is 7.53. The number of amides is 2. The average molecular weight is 506 g/mol. The summed E-state index contributed by atoms with van der Waals surface area (Å²) in [4.78, 5) is 24.5. The first-order chi connectivity index (χ1) is 14.8. The molecule has 0 saturated carbocycles. The van der Waals surface area contributed by atoms with Gasteiger partial charge in [0.2, 0.25) is 0 Å². The van der Waals surface area contributed by atoms with Crippen molar-refractivity contribution in [3.63, 3.8) is 0 Å². The van der Waals surface area contributed by atoms with E-state index >= 15 is 0 Å². The van der Waals surface area contributed by atoms with Crippen molar-refractivity contribution < 1.29 is 14.3 Å². The first-order valence-corrected chi connectivity index (χ1v) is 11.4. The second-order valence-corrected chi connectivity index (χ2v) is 8.68. The number of hydrogen-bond donors (Lipinski definition) is 3. The molecule has 2 amide bonds. The molecule has 2 aromatic rings. The lowest BCUT2D eigenvalue weighted by Crippen LogP contribution is -2.34. The van der Waals surface area contributed by atoms with Crippen LogP contribution in [0.3, 0.4) is 0 Å². The molecule has 8 heteroatoms. The zero-order valence-corrected chi connectivity index (χ0v) is 20.4. The molecule has 3 N–H and O–H groups in total. The van der Waals surface area contributed by atoms with Gasteiger partial charge in [-0.3, -0.25) is 14.9 Å². The molecule has 0 aliphatic heterocycles. The summed E-state index contributed by atoms with van der Waals surface area (Å²) in [5.74, 6) is 0.807. The number of rotatable bonds is 9. The van der Waals surface area contributed by atoms with Crippen LogP contribution < -0.4 is 20.7 Å². The Kier molecular flexibility index (Phi) is 9.94. The summed E-state index contributed by atoms with van der Waals surface area (Å²) in [5.41, 5.74) is 1.69. The van der Waals surface area contributed by atoms with Crippen molar-refractivity contribution in [3.05, 3.63) is 58.1 Å². The Morgan fingerprint density at radius 2 is 1.74 bits per heavy atom. The predicted octanol–water partition coefficient (Wildman–Crippen LogP) is 5.14. The molecule has 0 spiro atoms. The summed E-state index contributed by atoms with van der Waals surface area (Å²) in [6, 6.07) is 12.0. The molecule has 0 unspecified atom stereocenters. The molecule has 166 valence electrons. The quantitative estimate of drug-likeness (QED) is 0.411. The van der Waals surface area contributed by atoms with E-state index in [1.165, 1.54) is 0 Å². The molecule has 0 radical (unpaired) electrons. The van der Waals surface area contributed by atoms with Gasteiger partial charge in [0, 0.05) is 23.4 Å². The summed E-state index contributed by atoms with van der Waals surface area (Å²) in [5, 5.41) is 8.59. The molecule has 0 fully saturated rings. The minimum Gasteiger partial charge on any atom is -0.492 e. The summed E-state index contributed by atoms with van der Waals surface area (Å²) in [6.07, 6.45) is 1.84. The molecule has 2 rings (SSSR count). The highest BCUT2D eigenvalue weighted by molar-refractivity contribution is 9.10. The van der Waals surface area contributed by atoms with Crippen LogP contribution in [0.2, 0.25) is 0 Å². The van der Waals surface area contributed by atoms with Crippen molar-refractivity contribution in [2.75, 3.05) is 18.5 Å². The third kappa shape index (κ3) is 8.30. The van der Waals surface area contributed by atoms with Gasteiger partial charge >= 0.3 is 0 Å². The number of thiocarbonyl (C=S) groups is 1. The van der Waals surface area contributed by atoms with Gasteiger partial charge < -0.3 is 15.4 Å². The highest BCUT2D eigenvalue weighted by Crippen LogP contribution is 2.26. The van der Waals surface area contributed by atoms with Crippen LogP contribution in [0, 0.1) is 5.92 Å². The molecular weight excluding hydrogens is 478 g/mol. The van der Waals surface area contributed by atoms with Gasteiger partial charge in [0.25, 0.3) is 11.8 Å². The number of carbonyl (C=O) groups excluding carboxylic acids is 2. The van der Waals surface area contributed by atoms with Crippen molar-refractivity contribution >= 4 is 50.8 Å². The van der Waals surface area contributed by atoms with Crippen LogP contribution in [0.15, 0.2) is 46.9 Å². The van der Waals surface area contributed by atoms with Gasteiger partial charge in [0.05, 0.1) is 11.1 Å². The zero-order chi connectivity index (χ0) is 22.8. The Balaban J connectivity index is 1.90. The number of halogens is 1. The topological polar surface area (TPSA) is 79.5 Å². The maximum atomic E-state index is 12.5. The lowest BCUT2D eigenvalue weighted by molar-refractivity contribution is 0.0951. The Bertz CT molecular complexity index is 917. The van der Waals surface area contributed by atoms with E-state index in [0.717, 1.165) is 12.8 Å². The summed E-state index contributed by atoms with van der Waals surface area (Å²) in [7, 11) is 0. The van der Waals surface area contributed by atoms with E-state index in [0.29, 0.717) is 46.1 Å². The van der Waals surface area contributed by atoms with Gasteiger partial charge in [-0.25, -0.2) is 0 Å². The largest absolute Gasteiger partial charge is 0.492 e. The van der Waals surface area contributed by atoms with Gasteiger partial charge in [0.1, 0.15) is 5.75 Å². The number of benzene rings is 2. The van der Waals surface area contributed by atoms with Crippen molar-refractivity contribution in [2.45, 2.75) is 33.6 Å². The van der Waals surface area contributed by atoms with Gasteiger partial charge in [-0.05, 0) is 89.4 Å². The first-order valence-electron chi connectivity index (χ1n) is 10.2. The fourth-order valence-corrected chi connectivity index (χ4v) is 3.25. The molecule has 0 heterocycles. The predicted molar refractivity (Wildman–Crippen MR) is 132 cm³/mol. The highest BCUT2D eigenvalue weighted by Gasteiger charge is 2.12. The lowest BCUT2D eigenvalue weighted by Gasteiger charge is -2.12. The van der Waals surface area contributed by atoms with E-state index in [4.69, 9.17) is 17.0 Å². The molecule has 0 aliphatic rings. The van der Waals surface area contributed by atoms with Crippen molar-refractivity contribution in [1.82, 2.24) is 10.6 Å². The Morgan fingerprint density at radius 1 is 1.06 bits per heavy atom. The van der Waals surface area contributed by atoms with Crippen LogP contribution in [0.4, 0.5) is 5.69 Å². The van der Waals surface area contributed by atoms with E-state index in [-0.39, 0.29) is 16.9 Å². The first kappa shape index (κ1) is 24.8. The van der Waals surface area contributed by atoms with E-state index in [9.17, 15) is 9.59 Å². The monoisotopic (exact) mass is 505 g/mol. The second kappa shape index (κ2) is 12.4. The van der Waals surface area contributed by atoms with Crippen LogP contribution >= 0.6 is 28.1 Å². The molecule has 0 aliphatic carbocycles. The smallest absolute Gasteiger partial charge is 0.257 e. The van der Waals surface area contributed by atoms with E-state index in [2.05, 4.69) is 45.7 Å². The van der Waals surface area contributed by atoms with E-state index in [1.54, 1.807) is 42.5 Å². The molecule has 31 heavy (non-hydrogen) atoms.